The predicted octanol–water partition coefficient (Wildman–Crippen LogP) is 3.61. The number of aromatic amines is 1. The maximum atomic E-state index is 12.5. The molecule has 0 aliphatic rings. The highest BCUT2D eigenvalue weighted by Gasteiger charge is 2.31. The Morgan fingerprint density at radius 1 is 1.38 bits per heavy atom. The van der Waals surface area contributed by atoms with Gasteiger partial charge in [0.05, 0.1) is 5.56 Å². The summed E-state index contributed by atoms with van der Waals surface area (Å²) in [7, 11) is 0. The lowest BCUT2D eigenvalue weighted by Gasteiger charge is -2.05. The third-order valence-electron chi connectivity index (χ3n) is 2.31. The van der Waals surface area contributed by atoms with E-state index in [2.05, 4.69) is 9.97 Å². The zero-order valence-electron chi connectivity index (χ0n) is 8.64. The first-order valence-corrected chi connectivity index (χ1v) is 5.75. The third kappa shape index (κ3) is 1.77. The second kappa shape index (κ2) is 3.69. The van der Waals surface area contributed by atoms with E-state index in [9.17, 15) is 13.2 Å². The van der Waals surface area contributed by atoms with Gasteiger partial charge in [0.25, 0.3) is 0 Å². The van der Waals surface area contributed by atoms with Crippen LogP contribution in [0.1, 0.15) is 11.3 Å². The van der Waals surface area contributed by atoms with Gasteiger partial charge in [-0.15, -0.1) is 11.8 Å². The first-order chi connectivity index (χ1) is 7.43. The SMILES string of the molecule is CSc1c(C)[nH]c2ncc(C(F)(F)F)cc12. The lowest BCUT2D eigenvalue weighted by molar-refractivity contribution is -0.137. The van der Waals surface area contributed by atoms with Crippen LogP contribution in [0.4, 0.5) is 13.2 Å². The lowest BCUT2D eigenvalue weighted by Crippen LogP contribution is -2.05. The molecule has 2 aromatic rings. The Labute approximate surface area is 94.3 Å². The van der Waals surface area contributed by atoms with Crippen molar-refractivity contribution in [1.82, 2.24) is 9.97 Å². The molecule has 2 aromatic heterocycles. The van der Waals surface area contributed by atoms with E-state index in [0.29, 0.717) is 11.0 Å². The van der Waals surface area contributed by atoms with E-state index in [1.54, 1.807) is 0 Å². The molecule has 0 aliphatic carbocycles. The fourth-order valence-corrected chi connectivity index (χ4v) is 2.32. The first-order valence-electron chi connectivity index (χ1n) is 4.53. The summed E-state index contributed by atoms with van der Waals surface area (Å²) < 4.78 is 37.5. The number of fused-ring (bicyclic) bond motifs is 1. The number of aromatic nitrogens is 2. The van der Waals surface area contributed by atoms with Gasteiger partial charge in [0.2, 0.25) is 0 Å². The van der Waals surface area contributed by atoms with Crippen LogP contribution in [0.2, 0.25) is 0 Å². The van der Waals surface area contributed by atoms with Crippen LogP contribution in [0, 0.1) is 6.92 Å². The van der Waals surface area contributed by atoms with Gasteiger partial charge in [-0.1, -0.05) is 0 Å². The van der Waals surface area contributed by atoms with Crippen LogP contribution in [0.25, 0.3) is 11.0 Å². The van der Waals surface area contributed by atoms with Crippen molar-refractivity contribution in [3.05, 3.63) is 23.5 Å². The summed E-state index contributed by atoms with van der Waals surface area (Å²) in [6, 6.07) is 1.14. The van der Waals surface area contributed by atoms with Crippen LogP contribution in [-0.2, 0) is 6.18 Å². The number of rotatable bonds is 1. The number of alkyl halides is 3. The van der Waals surface area contributed by atoms with Gasteiger partial charge in [-0.25, -0.2) is 4.98 Å². The van der Waals surface area contributed by atoms with Gasteiger partial charge < -0.3 is 4.98 Å². The molecule has 0 bridgehead atoms. The fourth-order valence-electron chi connectivity index (χ4n) is 1.59. The van der Waals surface area contributed by atoms with Gasteiger partial charge in [0.1, 0.15) is 5.65 Å². The molecule has 16 heavy (non-hydrogen) atoms. The number of thioether (sulfide) groups is 1. The molecule has 0 aliphatic heterocycles. The van der Waals surface area contributed by atoms with Crippen molar-refractivity contribution >= 4 is 22.8 Å². The molecule has 86 valence electrons. The number of nitrogens with one attached hydrogen (secondary N) is 1. The fraction of sp³-hybridized carbons (Fsp3) is 0.300. The molecule has 0 atom stereocenters. The molecule has 2 nitrogen and oxygen atoms in total. The van der Waals surface area contributed by atoms with E-state index in [1.165, 1.54) is 11.8 Å². The Balaban J connectivity index is 2.69. The lowest BCUT2D eigenvalue weighted by atomic mass is 10.2. The standard InChI is InChI=1S/C10H9F3N2S/c1-5-8(16-2)7-3-6(10(11,12)13)4-14-9(7)15-5/h3-4H,1-2H3,(H,14,15). The zero-order valence-corrected chi connectivity index (χ0v) is 9.46. The molecule has 0 amide bonds. The van der Waals surface area contributed by atoms with Crippen LogP contribution >= 0.6 is 11.8 Å². The highest BCUT2D eigenvalue weighted by atomic mass is 32.2. The average Bonchev–Trinajstić information content (AvgIpc) is 2.50. The Kier molecular flexibility index (Phi) is 2.61. The van der Waals surface area contributed by atoms with Gasteiger partial charge in [-0.3, -0.25) is 0 Å². The summed E-state index contributed by atoms with van der Waals surface area (Å²) in [4.78, 5) is 7.56. The Bertz CT molecular complexity index is 531. The van der Waals surface area contributed by atoms with Crippen LogP contribution in [0.5, 0.6) is 0 Å². The maximum Gasteiger partial charge on any atom is 0.417 e. The van der Waals surface area contributed by atoms with Crippen molar-refractivity contribution in [2.75, 3.05) is 6.26 Å². The molecular formula is C10H9F3N2S. The molecule has 0 spiro atoms. The minimum atomic E-state index is -4.35. The molecule has 0 unspecified atom stereocenters. The Morgan fingerprint density at radius 3 is 2.62 bits per heavy atom. The van der Waals surface area contributed by atoms with Crippen molar-refractivity contribution < 1.29 is 13.2 Å². The molecule has 0 radical (unpaired) electrons. The largest absolute Gasteiger partial charge is 0.417 e. The molecule has 2 rings (SSSR count). The highest BCUT2D eigenvalue weighted by molar-refractivity contribution is 7.98. The summed E-state index contributed by atoms with van der Waals surface area (Å²) in [6.07, 6.45) is -1.67. The smallest absolute Gasteiger partial charge is 0.342 e. The minimum absolute atomic E-state index is 0.495. The molecule has 0 fully saturated rings. The number of aryl methyl sites for hydroxylation is 1. The van der Waals surface area contributed by atoms with Crippen molar-refractivity contribution in [3.8, 4) is 0 Å². The first kappa shape index (κ1) is 11.3. The number of hydrogen-bond acceptors (Lipinski definition) is 2. The van der Waals surface area contributed by atoms with E-state index in [0.717, 1.165) is 22.9 Å². The van der Waals surface area contributed by atoms with E-state index in [-0.39, 0.29) is 0 Å². The van der Waals surface area contributed by atoms with Crippen molar-refractivity contribution in [3.63, 3.8) is 0 Å². The normalized spacial score (nSPS) is 12.3. The Hall–Kier alpha value is -1.17. The topological polar surface area (TPSA) is 28.7 Å². The minimum Gasteiger partial charge on any atom is -0.342 e. The van der Waals surface area contributed by atoms with E-state index >= 15 is 0 Å². The van der Waals surface area contributed by atoms with Gasteiger partial charge in [-0.05, 0) is 19.2 Å². The molecule has 0 saturated carbocycles. The van der Waals surface area contributed by atoms with Gasteiger partial charge in [0.15, 0.2) is 0 Å². The molecule has 0 aromatic carbocycles. The third-order valence-corrected chi connectivity index (χ3v) is 3.24. The maximum absolute atomic E-state index is 12.5. The second-order valence-electron chi connectivity index (χ2n) is 3.40. The molecule has 2 heterocycles. The molecular weight excluding hydrogens is 237 g/mol. The molecule has 1 N–H and O–H groups in total. The second-order valence-corrected chi connectivity index (χ2v) is 4.22. The summed E-state index contributed by atoms with van der Waals surface area (Å²) >= 11 is 1.41. The summed E-state index contributed by atoms with van der Waals surface area (Å²) in [5, 5.41) is 0.528. The number of halogens is 3. The van der Waals surface area contributed by atoms with Gasteiger partial charge in [0, 0.05) is 22.2 Å². The summed E-state index contributed by atoms with van der Waals surface area (Å²) in [6.45, 7) is 1.82. The summed E-state index contributed by atoms with van der Waals surface area (Å²) in [5.74, 6) is 0. The number of nitrogens with zero attached hydrogens (tertiary/aromatic N) is 1. The highest BCUT2D eigenvalue weighted by Crippen LogP contribution is 2.34. The Morgan fingerprint density at radius 2 is 2.06 bits per heavy atom. The van der Waals surface area contributed by atoms with E-state index in [4.69, 9.17) is 0 Å². The van der Waals surface area contributed by atoms with Crippen molar-refractivity contribution in [2.45, 2.75) is 18.0 Å². The average molecular weight is 246 g/mol. The quantitative estimate of drug-likeness (QED) is 0.778. The molecule has 6 heteroatoms. The van der Waals surface area contributed by atoms with Crippen LogP contribution in [0.3, 0.4) is 0 Å². The van der Waals surface area contributed by atoms with Crippen molar-refractivity contribution in [1.29, 1.82) is 0 Å². The monoisotopic (exact) mass is 246 g/mol. The molecule has 0 saturated heterocycles. The van der Waals surface area contributed by atoms with E-state index < -0.39 is 11.7 Å². The van der Waals surface area contributed by atoms with Gasteiger partial charge in [-0.2, -0.15) is 13.2 Å². The summed E-state index contributed by atoms with van der Waals surface area (Å²) in [5.41, 5.74) is 0.624. The van der Waals surface area contributed by atoms with Crippen molar-refractivity contribution in [2.24, 2.45) is 0 Å². The van der Waals surface area contributed by atoms with Crippen LogP contribution in [0.15, 0.2) is 17.2 Å². The van der Waals surface area contributed by atoms with Crippen LogP contribution < -0.4 is 0 Å². The number of hydrogen-bond donors (Lipinski definition) is 1. The number of H-pyrrole nitrogens is 1. The van der Waals surface area contributed by atoms with Crippen LogP contribution in [-0.4, -0.2) is 16.2 Å². The number of pyridine rings is 1. The zero-order chi connectivity index (χ0) is 11.9. The predicted molar refractivity (Wildman–Crippen MR) is 57.6 cm³/mol. The van der Waals surface area contributed by atoms with E-state index in [1.807, 2.05) is 13.2 Å². The van der Waals surface area contributed by atoms with Gasteiger partial charge >= 0.3 is 6.18 Å².